The summed E-state index contributed by atoms with van der Waals surface area (Å²) in [6.45, 7) is 2.14. The molecule has 2 aliphatic carbocycles. The topological polar surface area (TPSA) is 55.1 Å². The Balaban J connectivity index is 1.86. The normalized spacial score (nSPS) is 26.7. The van der Waals surface area contributed by atoms with Crippen molar-refractivity contribution in [3.8, 4) is 0 Å². The second-order valence-electron chi connectivity index (χ2n) is 6.02. The lowest BCUT2D eigenvalue weighted by molar-refractivity contribution is -0.128. The number of rotatable bonds is 3. The van der Waals surface area contributed by atoms with Crippen LogP contribution < -0.4 is 11.1 Å². The van der Waals surface area contributed by atoms with Gasteiger partial charge in [0.05, 0.1) is 5.54 Å². The average molecular weight is 238 g/mol. The van der Waals surface area contributed by atoms with Crippen LogP contribution >= 0.6 is 0 Å². The first-order chi connectivity index (χ1) is 8.12. The van der Waals surface area contributed by atoms with Crippen LogP contribution in [-0.4, -0.2) is 17.5 Å². The van der Waals surface area contributed by atoms with E-state index in [1.54, 1.807) is 0 Å². The summed E-state index contributed by atoms with van der Waals surface area (Å²) in [4.78, 5) is 12.3. The molecule has 1 atom stereocenters. The number of nitrogens with one attached hydrogen (secondary N) is 1. The average Bonchev–Trinajstić information content (AvgIpc) is 2.83. The van der Waals surface area contributed by atoms with E-state index in [-0.39, 0.29) is 5.91 Å². The third-order valence-corrected chi connectivity index (χ3v) is 4.66. The Morgan fingerprint density at radius 1 is 1.18 bits per heavy atom. The number of carbonyl (C=O) groups is 1. The largest absolute Gasteiger partial charge is 0.352 e. The lowest BCUT2D eigenvalue weighted by Gasteiger charge is -2.34. The molecular weight excluding hydrogens is 212 g/mol. The number of amides is 1. The SMILES string of the molecule is C[C@H](NC(=O)C1(N)CCCCC1)C1CCCC1. The first kappa shape index (κ1) is 12.9. The smallest absolute Gasteiger partial charge is 0.240 e. The van der Waals surface area contributed by atoms with Crippen molar-refractivity contribution < 1.29 is 4.79 Å². The van der Waals surface area contributed by atoms with Crippen LogP contribution in [0.5, 0.6) is 0 Å². The first-order valence-corrected chi connectivity index (χ1v) is 7.22. The predicted molar refractivity (Wildman–Crippen MR) is 69.6 cm³/mol. The molecule has 0 aliphatic heterocycles. The molecule has 0 spiro atoms. The summed E-state index contributed by atoms with van der Waals surface area (Å²) in [5.41, 5.74) is 5.66. The Labute approximate surface area is 105 Å². The number of hydrogen-bond donors (Lipinski definition) is 2. The van der Waals surface area contributed by atoms with E-state index in [0.717, 1.165) is 25.7 Å². The monoisotopic (exact) mass is 238 g/mol. The van der Waals surface area contributed by atoms with Crippen molar-refractivity contribution in [2.75, 3.05) is 0 Å². The molecule has 0 bridgehead atoms. The van der Waals surface area contributed by atoms with Gasteiger partial charge in [-0.3, -0.25) is 4.79 Å². The van der Waals surface area contributed by atoms with Crippen LogP contribution in [0.15, 0.2) is 0 Å². The Bertz CT molecular complexity index is 265. The quantitative estimate of drug-likeness (QED) is 0.793. The summed E-state index contributed by atoms with van der Waals surface area (Å²) in [6, 6.07) is 0.298. The van der Waals surface area contributed by atoms with Crippen LogP contribution in [-0.2, 0) is 4.79 Å². The van der Waals surface area contributed by atoms with Crippen LogP contribution in [0.3, 0.4) is 0 Å². The van der Waals surface area contributed by atoms with Gasteiger partial charge in [-0.25, -0.2) is 0 Å². The summed E-state index contributed by atoms with van der Waals surface area (Å²) in [5, 5.41) is 3.17. The van der Waals surface area contributed by atoms with Gasteiger partial charge in [-0.1, -0.05) is 32.1 Å². The second kappa shape index (κ2) is 5.38. The van der Waals surface area contributed by atoms with Crippen molar-refractivity contribution in [1.29, 1.82) is 0 Å². The van der Waals surface area contributed by atoms with Crippen LogP contribution in [0, 0.1) is 5.92 Å². The van der Waals surface area contributed by atoms with Crippen molar-refractivity contribution in [1.82, 2.24) is 5.32 Å². The zero-order valence-corrected chi connectivity index (χ0v) is 11.0. The Morgan fingerprint density at radius 3 is 2.35 bits per heavy atom. The molecule has 17 heavy (non-hydrogen) atoms. The van der Waals surface area contributed by atoms with Gasteiger partial charge in [0, 0.05) is 6.04 Å². The molecule has 0 aromatic heterocycles. The maximum Gasteiger partial charge on any atom is 0.240 e. The third-order valence-electron chi connectivity index (χ3n) is 4.66. The van der Waals surface area contributed by atoms with Crippen molar-refractivity contribution in [2.24, 2.45) is 11.7 Å². The first-order valence-electron chi connectivity index (χ1n) is 7.22. The van der Waals surface area contributed by atoms with E-state index in [1.807, 2.05) is 0 Å². The molecule has 0 heterocycles. The molecule has 2 saturated carbocycles. The van der Waals surface area contributed by atoms with E-state index in [1.165, 1.54) is 32.1 Å². The molecule has 0 radical (unpaired) electrons. The van der Waals surface area contributed by atoms with E-state index in [9.17, 15) is 4.79 Å². The van der Waals surface area contributed by atoms with Gasteiger partial charge in [-0.05, 0) is 38.5 Å². The van der Waals surface area contributed by atoms with Gasteiger partial charge in [-0.15, -0.1) is 0 Å². The maximum absolute atomic E-state index is 12.3. The maximum atomic E-state index is 12.3. The zero-order chi connectivity index (χ0) is 12.3. The molecule has 1 amide bonds. The van der Waals surface area contributed by atoms with E-state index < -0.39 is 5.54 Å². The van der Waals surface area contributed by atoms with Gasteiger partial charge in [0.1, 0.15) is 0 Å². The van der Waals surface area contributed by atoms with E-state index in [4.69, 9.17) is 5.73 Å². The summed E-state index contributed by atoms with van der Waals surface area (Å²) in [7, 11) is 0. The fourth-order valence-corrected chi connectivity index (χ4v) is 3.34. The molecule has 3 N–H and O–H groups in total. The molecule has 0 aromatic carbocycles. The molecule has 3 heteroatoms. The minimum Gasteiger partial charge on any atom is -0.352 e. The highest BCUT2D eigenvalue weighted by Gasteiger charge is 2.36. The molecule has 2 fully saturated rings. The summed E-state index contributed by atoms with van der Waals surface area (Å²) >= 11 is 0. The minimum absolute atomic E-state index is 0.0941. The highest BCUT2D eigenvalue weighted by molar-refractivity contribution is 5.86. The highest BCUT2D eigenvalue weighted by Crippen LogP contribution is 2.29. The van der Waals surface area contributed by atoms with Gasteiger partial charge < -0.3 is 11.1 Å². The molecule has 0 unspecified atom stereocenters. The van der Waals surface area contributed by atoms with Crippen molar-refractivity contribution in [2.45, 2.75) is 76.3 Å². The highest BCUT2D eigenvalue weighted by atomic mass is 16.2. The lowest BCUT2D eigenvalue weighted by atomic mass is 9.81. The zero-order valence-electron chi connectivity index (χ0n) is 11.0. The van der Waals surface area contributed by atoms with Crippen LogP contribution in [0.25, 0.3) is 0 Å². The molecule has 2 rings (SSSR count). The second-order valence-corrected chi connectivity index (χ2v) is 6.02. The molecule has 3 nitrogen and oxygen atoms in total. The van der Waals surface area contributed by atoms with Gasteiger partial charge in [0.2, 0.25) is 5.91 Å². The number of nitrogens with two attached hydrogens (primary N) is 1. The fraction of sp³-hybridized carbons (Fsp3) is 0.929. The van der Waals surface area contributed by atoms with Crippen molar-refractivity contribution >= 4 is 5.91 Å². The predicted octanol–water partition coefficient (Wildman–Crippen LogP) is 2.34. The number of hydrogen-bond acceptors (Lipinski definition) is 2. The Kier molecular flexibility index (Phi) is 4.08. The molecule has 0 aromatic rings. The van der Waals surface area contributed by atoms with Gasteiger partial charge >= 0.3 is 0 Å². The van der Waals surface area contributed by atoms with Crippen LogP contribution in [0.1, 0.15) is 64.7 Å². The van der Waals surface area contributed by atoms with Crippen molar-refractivity contribution in [3.05, 3.63) is 0 Å². The number of carbonyl (C=O) groups excluding carboxylic acids is 1. The molecule has 0 saturated heterocycles. The van der Waals surface area contributed by atoms with Gasteiger partial charge in [-0.2, -0.15) is 0 Å². The Hall–Kier alpha value is -0.570. The van der Waals surface area contributed by atoms with Crippen LogP contribution in [0.4, 0.5) is 0 Å². The third kappa shape index (κ3) is 3.01. The Morgan fingerprint density at radius 2 is 1.76 bits per heavy atom. The fourth-order valence-electron chi connectivity index (χ4n) is 3.34. The van der Waals surface area contributed by atoms with E-state index in [2.05, 4.69) is 12.2 Å². The summed E-state index contributed by atoms with van der Waals surface area (Å²) in [6.07, 6.45) is 10.3. The van der Waals surface area contributed by atoms with Gasteiger partial charge in [0.25, 0.3) is 0 Å². The van der Waals surface area contributed by atoms with Crippen molar-refractivity contribution in [3.63, 3.8) is 0 Å². The van der Waals surface area contributed by atoms with Crippen LogP contribution in [0.2, 0.25) is 0 Å². The lowest BCUT2D eigenvalue weighted by Crippen LogP contribution is -2.57. The molecule has 2 aliphatic rings. The summed E-state index contributed by atoms with van der Waals surface area (Å²) < 4.78 is 0. The van der Waals surface area contributed by atoms with Gasteiger partial charge in [0.15, 0.2) is 0 Å². The molecular formula is C14H26N2O. The summed E-state index contributed by atoms with van der Waals surface area (Å²) in [5.74, 6) is 0.766. The minimum atomic E-state index is -0.578. The standard InChI is InChI=1S/C14H26N2O/c1-11(12-7-3-4-8-12)16-13(17)14(15)9-5-2-6-10-14/h11-12H,2-10,15H2,1H3,(H,16,17)/t11-/m0/s1. The van der Waals surface area contributed by atoms with E-state index in [0.29, 0.717) is 12.0 Å². The van der Waals surface area contributed by atoms with E-state index >= 15 is 0 Å². The molecule has 98 valence electrons.